The Labute approximate surface area is 107 Å². The summed E-state index contributed by atoms with van der Waals surface area (Å²) in [7, 11) is 0. The van der Waals surface area contributed by atoms with Gasteiger partial charge in [-0.15, -0.1) is 0 Å². The minimum Gasteiger partial charge on any atom is -0.393 e. The average molecular weight is 248 g/mol. The number of aliphatic hydroxyl groups is 1. The molecule has 1 aliphatic rings. The van der Waals surface area contributed by atoms with Crippen LogP contribution in [0.2, 0.25) is 0 Å². The molecule has 1 saturated carbocycles. The van der Waals surface area contributed by atoms with Gasteiger partial charge >= 0.3 is 0 Å². The van der Waals surface area contributed by atoms with Crippen LogP contribution in [0.25, 0.3) is 0 Å². The summed E-state index contributed by atoms with van der Waals surface area (Å²) in [6, 6.07) is 8.73. The van der Waals surface area contributed by atoms with Crippen LogP contribution >= 0.6 is 0 Å². The predicted octanol–water partition coefficient (Wildman–Crippen LogP) is 0.964. The molecule has 0 aromatic heterocycles. The number of amides is 1. The summed E-state index contributed by atoms with van der Waals surface area (Å²) in [5, 5.41) is 12.3. The molecule has 0 spiro atoms. The van der Waals surface area contributed by atoms with Crippen LogP contribution in [0.3, 0.4) is 0 Å². The Bertz CT molecular complexity index is 394. The van der Waals surface area contributed by atoms with Crippen LogP contribution < -0.4 is 11.1 Å². The number of carbonyl (C=O) groups is 1. The van der Waals surface area contributed by atoms with Gasteiger partial charge in [-0.2, -0.15) is 0 Å². The van der Waals surface area contributed by atoms with E-state index in [1.54, 1.807) is 0 Å². The SMILES string of the molecule is N[C@@H](C(=O)NCC1CCC(O)C1)c1ccccc1. The molecule has 0 heterocycles. The average Bonchev–Trinajstić information content (AvgIpc) is 2.82. The normalized spacial score (nSPS) is 24.8. The highest BCUT2D eigenvalue weighted by Crippen LogP contribution is 2.24. The van der Waals surface area contributed by atoms with Crippen LogP contribution in [-0.2, 0) is 4.79 Å². The van der Waals surface area contributed by atoms with E-state index in [0.717, 1.165) is 24.8 Å². The molecular weight excluding hydrogens is 228 g/mol. The van der Waals surface area contributed by atoms with E-state index in [1.165, 1.54) is 0 Å². The Morgan fingerprint density at radius 1 is 1.39 bits per heavy atom. The molecule has 0 bridgehead atoms. The standard InChI is InChI=1S/C14H20N2O2/c15-13(11-4-2-1-3-5-11)14(18)16-9-10-6-7-12(17)8-10/h1-5,10,12-13,17H,6-9,15H2,(H,16,18)/t10?,12?,13-/m1/s1. The molecule has 4 N–H and O–H groups in total. The van der Waals surface area contributed by atoms with Gasteiger partial charge in [-0.25, -0.2) is 0 Å². The van der Waals surface area contributed by atoms with Crippen LogP contribution in [-0.4, -0.2) is 23.7 Å². The summed E-state index contributed by atoms with van der Waals surface area (Å²) < 4.78 is 0. The second-order valence-electron chi connectivity index (χ2n) is 4.97. The van der Waals surface area contributed by atoms with Gasteiger partial charge in [-0.05, 0) is 30.7 Å². The summed E-state index contributed by atoms with van der Waals surface area (Å²) in [4.78, 5) is 11.9. The summed E-state index contributed by atoms with van der Waals surface area (Å²) in [5.74, 6) is 0.231. The molecule has 1 aromatic rings. The van der Waals surface area contributed by atoms with E-state index in [2.05, 4.69) is 5.32 Å². The lowest BCUT2D eigenvalue weighted by molar-refractivity contribution is -0.122. The Balaban J connectivity index is 1.81. The zero-order valence-corrected chi connectivity index (χ0v) is 10.4. The number of rotatable bonds is 4. The summed E-state index contributed by atoms with van der Waals surface area (Å²) in [6.45, 7) is 0.608. The molecule has 1 aliphatic carbocycles. The third-order valence-electron chi connectivity index (χ3n) is 3.52. The first kappa shape index (κ1) is 13.1. The van der Waals surface area contributed by atoms with Crippen molar-refractivity contribution >= 4 is 5.91 Å². The summed E-state index contributed by atoms with van der Waals surface area (Å²) >= 11 is 0. The van der Waals surface area contributed by atoms with Crippen LogP contribution in [0.1, 0.15) is 30.9 Å². The van der Waals surface area contributed by atoms with Crippen LogP contribution in [0.5, 0.6) is 0 Å². The van der Waals surface area contributed by atoms with Crippen molar-refractivity contribution < 1.29 is 9.90 Å². The Kier molecular flexibility index (Phi) is 4.33. The molecule has 98 valence electrons. The van der Waals surface area contributed by atoms with E-state index in [4.69, 9.17) is 5.73 Å². The first-order valence-electron chi connectivity index (χ1n) is 6.43. The maximum atomic E-state index is 11.9. The van der Waals surface area contributed by atoms with E-state index in [0.29, 0.717) is 12.5 Å². The molecule has 2 unspecified atom stereocenters. The number of aliphatic hydroxyl groups excluding tert-OH is 1. The molecule has 1 amide bonds. The highest BCUT2D eigenvalue weighted by atomic mass is 16.3. The molecule has 1 fully saturated rings. The molecular formula is C14H20N2O2. The monoisotopic (exact) mass is 248 g/mol. The number of benzene rings is 1. The van der Waals surface area contributed by atoms with Gasteiger partial charge in [-0.3, -0.25) is 4.79 Å². The fraction of sp³-hybridized carbons (Fsp3) is 0.500. The van der Waals surface area contributed by atoms with E-state index in [9.17, 15) is 9.90 Å². The van der Waals surface area contributed by atoms with Gasteiger partial charge in [-0.1, -0.05) is 30.3 Å². The number of hydrogen-bond acceptors (Lipinski definition) is 3. The molecule has 4 heteroatoms. The van der Waals surface area contributed by atoms with E-state index in [1.807, 2.05) is 30.3 Å². The maximum Gasteiger partial charge on any atom is 0.241 e. The van der Waals surface area contributed by atoms with Crippen molar-refractivity contribution in [1.29, 1.82) is 0 Å². The fourth-order valence-electron chi connectivity index (χ4n) is 2.40. The highest BCUT2D eigenvalue weighted by Gasteiger charge is 2.24. The Morgan fingerprint density at radius 3 is 2.72 bits per heavy atom. The van der Waals surface area contributed by atoms with Gasteiger partial charge in [0.1, 0.15) is 6.04 Å². The van der Waals surface area contributed by atoms with Gasteiger partial charge in [0, 0.05) is 6.54 Å². The molecule has 18 heavy (non-hydrogen) atoms. The van der Waals surface area contributed by atoms with Gasteiger partial charge in [0.05, 0.1) is 6.10 Å². The lowest BCUT2D eigenvalue weighted by atomic mass is 10.1. The second-order valence-corrected chi connectivity index (χ2v) is 4.97. The van der Waals surface area contributed by atoms with Gasteiger partial charge in [0.15, 0.2) is 0 Å². The lowest BCUT2D eigenvalue weighted by Gasteiger charge is -2.15. The number of nitrogens with one attached hydrogen (secondary N) is 1. The Hall–Kier alpha value is -1.39. The number of nitrogens with two attached hydrogens (primary N) is 1. The minimum atomic E-state index is -0.613. The maximum absolute atomic E-state index is 11.9. The molecule has 4 nitrogen and oxygen atoms in total. The van der Waals surface area contributed by atoms with Crippen molar-refractivity contribution in [3.05, 3.63) is 35.9 Å². The zero-order chi connectivity index (χ0) is 13.0. The van der Waals surface area contributed by atoms with Crippen LogP contribution in [0, 0.1) is 5.92 Å². The molecule has 3 atom stereocenters. The predicted molar refractivity (Wildman–Crippen MR) is 69.7 cm³/mol. The van der Waals surface area contributed by atoms with Crippen molar-refractivity contribution in [2.75, 3.05) is 6.54 Å². The Morgan fingerprint density at radius 2 is 2.11 bits per heavy atom. The summed E-state index contributed by atoms with van der Waals surface area (Å²) in [5.41, 5.74) is 6.71. The number of carbonyl (C=O) groups excluding carboxylic acids is 1. The van der Waals surface area contributed by atoms with Crippen molar-refractivity contribution in [2.24, 2.45) is 11.7 Å². The zero-order valence-electron chi connectivity index (χ0n) is 10.4. The fourth-order valence-corrected chi connectivity index (χ4v) is 2.40. The van der Waals surface area contributed by atoms with Crippen LogP contribution in [0.15, 0.2) is 30.3 Å². The van der Waals surface area contributed by atoms with E-state index in [-0.39, 0.29) is 12.0 Å². The molecule has 0 aliphatic heterocycles. The minimum absolute atomic E-state index is 0.150. The third kappa shape index (κ3) is 3.31. The highest BCUT2D eigenvalue weighted by molar-refractivity contribution is 5.82. The first-order chi connectivity index (χ1) is 8.66. The van der Waals surface area contributed by atoms with E-state index >= 15 is 0 Å². The largest absolute Gasteiger partial charge is 0.393 e. The van der Waals surface area contributed by atoms with Gasteiger partial charge in [0.2, 0.25) is 5.91 Å². The molecule has 2 rings (SSSR count). The molecule has 0 saturated heterocycles. The third-order valence-corrected chi connectivity index (χ3v) is 3.52. The van der Waals surface area contributed by atoms with Gasteiger partial charge in [0.25, 0.3) is 0 Å². The second kappa shape index (κ2) is 5.98. The van der Waals surface area contributed by atoms with Gasteiger partial charge < -0.3 is 16.2 Å². The smallest absolute Gasteiger partial charge is 0.241 e. The van der Waals surface area contributed by atoms with E-state index < -0.39 is 6.04 Å². The number of hydrogen-bond donors (Lipinski definition) is 3. The molecule has 1 aromatic carbocycles. The topological polar surface area (TPSA) is 75.4 Å². The van der Waals surface area contributed by atoms with Crippen LogP contribution in [0.4, 0.5) is 0 Å². The quantitative estimate of drug-likeness (QED) is 0.743. The van der Waals surface area contributed by atoms with Crippen molar-refractivity contribution in [3.63, 3.8) is 0 Å². The summed E-state index contributed by atoms with van der Waals surface area (Å²) in [6.07, 6.45) is 2.39. The van der Waals surface area contributed by atoms with Crippen molar-refractivity contribution in [1.82, 2.24) is 5.32 Å². The lowest BCUT2D eigenvalue weighted by Crippen LogP contribution is -2.36. The van der Waals surface area contributed by atoms with Crippen molar-refractivity contribution in [2.45, 2.75) is 31.4 Å². The van der Waals surface area contributed by atoms with Crippen molar-refractivity contribution in [3.8, 4) is 0 Å². The molecule has 0 radical (unpaired) electrons. The first-order valence-corrected chi connectivity index (χ1v) is 6.43.